The summed E-state index contributed by atoms with van der Waals surface area (Å²) >= 11 is 0. The van der Waals surface area contributed by atoms with Crippen LogP contribution in [-0.2, 0) is 19.9 Å². The summed E-state index contributed by atoms with van der Waals surface area (Å²) in [5.74, 6) is -2.19. The van der Waals surface area contributed by atoms with E-state index in [0.717, 1.165) is 10.9 Å². The summed E-state index contributed by atoms with van der Waals surface area (Å²) in [7, 11) is -4.59. The van der Waals surface area contributed by atoms with Gasteiger partial charge in [0, 0.05) is 0 Å². The molecule has 3 rings (SSSR count). The molecule has 0 bridgehead atoms. The minimum atomic E-state index is -4.59. The molecule has 0 aromatic carbocycles. The number of rotatable bonds is 4. The standard InChI is InChI=1S/C10H14N5O7P.2Na.2H/c11-8-6-9(13-2-12-6)14-3-15(8)10(22-4-23(18,19)20)7(17)5(16)1-21-10;;;;/h2-3,5,7,11,16-17H,1,4H2,(H,12,13)(H2,18,19,20);;;;/q;2*+1;2*-1/t5-,7-,10+;;;;/m1..../s1. The Bertz CT molecular complexity index is 851. The molecule has 15 heteroatoms. The molecule has 2 aromatic heterocycles. The number of fused-ring (bicyclic) bond motifs is 1. The van der Waals surface area contributed by atoms with Crippen LogP contribution in [0.1, 0.15) is 2.85 Å². The van der Waals surface area contributed by atoms with Gasteiger partial charge in [-0.2, -0.15) is 0 Å². The van der Waals surface area contributed by atoms with Crippen LogP contribution in [0.3, 0.4) is 0 Å². The van der Waals surface area contributed by atoms with Crippen molar-refractivity contribution in [1.29, 1.82) is 5.41 Å². The van der Waals surface area contributed by atoms with E-state index in [1.165, 1.54) is 6.33 Å². The Morgan fingerprint density at radius 1 is 1.48 bits per heavy atom. The van der Waals surface area contributed by atoms with Crippen molar-refractivity contribution in [2.45, 2.75) is 18.1 Å². The van der Waals surface area contributed by atoms with Gasteiger partial charge in [-0.1, -0.05) is 0 Å². The van der Waals surface area contributed by atoms with E-state index in [-0.39, 0.29) is 85.2 Å². The first-order valence-corrected chi connectivity index (χ1v) is 8.19. The Morgan fingerprint density at radius 3 is 2.72 bits per heavy atom. The molecule has 0 spiro atoms. The number of imidazole rings is 1. The number of nitrogens with one attached hydrogen (secondary N) is 2. The summed E-state index contributed by atoms with van der Waals surface area (Å²) in [6.07, 6.45) is -1.75. The third kappa shape index (κ3) is 4.43. The number of H-pyrrole nitrogens is 1. The van der Waals surface area contributed by atoms with Crippen LogP contribution in [0.2, 0.25) is 0 Å². The molecule has 3 atom stereocenters. The Hall–Kier alpha value is 0.340. The van der Waals surface area contributed by atoms with Crippen molar-refractivity contribution >= 4 is 18.8 Å². The molecular formula is C10H16N5Na2O7P. The van der Waals surface area contributed by atoms with Gasteiger partial charge in [-0.05, 0) is 0 Å². The molecule has 6 N–H and O–H groups in total. The molecule has 0 unspecified atom stereocenters. The van der Waals surface area contributed by atoms with Crippen molar-refractivity contribution in [3.05, 3.63) is 18.1 Å². The van der Waals surface area contributed by atoms with E-state index in [0.29, 0.717) is 0 Å². The Labute approximate surface area is 187 Å². The van der Waals surface area contributed by atoms with Crippen LogP contribution in [0.5, 0.6) is 0 Å². The molecule has 2 aromatic rings. The van der Waals surface area contributed by atoms with E-state index in [2.05, 4.69) is 15.0 Å². The minimum Gasteiger partial charge on any atom is -1.00 e. The topological polar surface area (TPSA) is 187 Å². The van der Waals surface area contributed by atoms with Gasteiger partial charge in [-0.3, -0.25) is 14.5 Å². The third-order valence-electron chi connectivity index (χ3n) is 3.37. The van der Waals surface area contributed by atoms with E-state index in [1.807, 2.05) is 0 Å². The van der Waals surface area contributed by atoms with Gasteiger partial charge >= 0.3 is 66.7 Å². The summed E-state index contributed by atoms with van der Waals surface area (Å²) in [6, 6.07) is 0. The molecule has 1 aliphatic rings. The monoisotopic (exact) mass is 395 g/mol. The van der Waals surface area contributed by atoms with Gasteiger partial charge in [-0.25, -0.2) is 9.97 Å². The Kier molecular flexibility index (Phi) is 8.01. The van der Waals surface area contributed by atoms with Crippen LogP contribution < -0.4 is 64.6 Å². The smallest absolute Gasteiger partial charge is 1.00 e. The first-order chi connectivity index (χ1) is 10.7. The quantitative estimate of drug-likeness (QED) is 0.216. The molecule has 3 heterocycles. The van der Waals surface area contributed by atoms with Crippen LogP contribution >= 0.6 is 7.60 Å². The predicted molar refractivity (Wildman–Crippen MR) is 73.9 cm³/mol. The summed E-state index contributed by atoms with van der Waals surface area (Å²) in [5.41, 5.74) is 0.166. The largest absolute Gasteiger partial charge is 1.00 e. The molecule has 0 radical (unpaired) electrons. The molecule has 12 nitrogen and oxygen atoms in total. The number of aliphatic hydroxyl groups excluding tert-OH is 2. The van der Waals surface area contributed by atoms with Gasteiger partial charge in [0.15, 0.2) is 23.6 Å². The van der Waals surface area contributed by atoms with E-state index < -0.39 is 32.1 Å². The maximum Gasteiger partial charge on any atom is 1.00 e. The van der Waals surface area contributed by atoms with Gasteiger partial charge in [0.1, 0.15) is 17.9 Å². The Morgan fingerprint density at radius 2 is 2.16 bits per heavy atom. The number of aliphatic hydroxyl groups is 2. The third-order valence-corrected chi connectivity index (χ3v) is 3.83. The van der Waals surface area contributed by atoms with Crippen molar-refractivity contribution in [1.82, 2.24) is 19.5 Å². The second-order valence-electron chi connectivity index (χ2n) is 4.96. The van der Waals surface area contributed by atoms with Gasteiger partial charge in [0.05, 0.1) is 12.9 Å². The number of ether oxygens (including phenoxy) is 2. The van der Waals surface area contributed by atoms with E-state index in [1.54, 1.807) is 0 Å². The molecule has 0 aliphatic carbocycles. The summed E-state index contributed by atoms with van der Waals surface area (Å²) in [6.45, 7) is -0.351. The fourth-order valence-corrected chi connectivity index (χ4v) is 2.65. The van der Waals surface area contributed by atoms with Crippen molar-refractivity contribution in [3.63, 3.8) is 0 Å². The summed E-state index contributed by atoms with van der Waals surface area (Å²) < 4.78 is 22.4. The summed E-state index contributed by atoms with van der Waals surface area (Å²) in [5, 5.41) is 28.1. The molecule has 1 aliphatic heterocycles. The van der Waals surface area contributed by atoms with Crippen molar-refractivity contribution in [2.75, 3.05) is 13.0 Å². The van der Waals surface area contributed by atoms with Gasteiger partial charge < -0.3 is 37.3 Å². The van der Waals surface area contributed by atoms with Crippen LogP contribution in [0, 0.1) is 5.41 Å². The minimum absolute atomic E-state index is 0. The molecule has 130 valence electrons. The normalized spacial score (nSPS) is 26.2. The van der Waals surface area contributed by atoms with Crippen LogP contribution in [0.4, 0.5) is 0 Å². The van der Waals surface area contributed by atoms with Crippen molar-refractivity contribution < 1.29 is 96.0 Å². The number of aromatic amines is 1. The number of hydrogen-bond acceptors (Lipinski definition) is 8. The maximum atomic E-state index is 11.1. The zero-order valence-corrected chi connectivity index (χ0v) is 18.4. The zero-order chi connectivity index (χ0) is 16.8. The van der Waals surface area contributed by atoms with Crippen molar-refractivity contribution in [2.24, 2.45) is 0 Å². The maximum absolute atomic E-state index is 11.1. The van der Waals surface area contributed by atoms with Gasteiger partial charge in [0.2, 0.25) is 0 Å². The second-order valence-corrected chi connectivity index (χ2v) is 6.54. The average Bonchev–Trinajstić information content (AvgIpc) is 3.06. The molecule has 0 amide bonds. The zero-order valence-electron chi connectivity index (χ0n) is 15.5. The van der Waals surface area contributed by atoms with Crippen LogP contribution in [0.25, 0.3) is 11.2 Å². The molecule has 1 fully saturated rings. The first-order valence-electron chi connectivity index (χ1n) is 6.39. The molecule has 0 saturated carbocycles. The van der Waals surface area contributed by atoms with E-state index in [4.69, 9.17) is 24.7 Å². The van der Waals surface area contributed by atoms with Gasteiger partial charge in [0.25, 0.3) is 5.91 Å². The first kappa shape index (κ1) is 23.4. The van der Waals surface area contributed by atoms with Crippen LogP contribution in [0.15, 0.2) is 12.7 Å². The second kappa shape index (κ2) is 8.57. The van der Waals surface area contributed by atoms with E-state index >= 15 is 0 Å². The van der Waals surface area contributed by atoms with Crippen molar-refractivity contribution in [3.8, 4) is 0 Å². The van der Waals surface area contributed by atoms with Gasteiger partial charge in [-0.15, -0.1) is 0 Å². The van der Waals surface area contributed by atoms with E-state index in [9.17, 15) is 14.8 Å². The number of aromatic nitrogens is 4. The fraction of sp³-hybridized carbons (Fsp3) is 0.500. The summed E-state index contributed by atoms with van der Waals surface area (Å²) in [4.78, 5) is 28.5. The predicted octanol–water partition coefficient (Wildman–Crippen LogP) is -8.01. The molecular weight excluding hydrogens is 379 g/mol. The van der Waals surface area contributed by atoms with Crippen LogP contribution in [-0.4, -0.2) is 64.7 Å². The SMILES string of the molecule is N=c1c2[nH]cnc2ncn1[C@]1(OCP(=O)(O)O)OC[C@@H](O)[C@H]1O.[H-].[H-].[Na+].[Na+]. The number of hydrogen-bond donors (Lipinski definition) is 6. The molecule has 25 heavy (non-hydrogen) atoms. The number of nitrogens with zero attached hydrogens (tertiary/aromatic N) is 3. The fourth-order valence-electron chi connectivity index (χ4n) is 2.30. The average molecular weight is 395 g/mol. The molecule has 1 saturated heterocycles. The Balaban J connectivity index is 0.